The molecule has 122 valence electrons. The van der Waals surface area contributed by atoms with Gasteiger partial charge in [-0.25, -0.2) is 0 Å². The number of amides is 1. The van der Waals surface area contributed by atoms with E-state index >= 15 is 0 Å². The van der Waals surface area contributed by atoms with Gasteiger partial charge in [-0.15, -0.1) is 0 Å². The van der Waals surface area contributed by atoms with Crippen molar-refractivity contribution in [2.75, 3.05) is 25.3 Å². The number of carbonyl (C=O) groups excluding carboxylic acids is 1. The number of hydrogen-bond donors (Lipinski definition) is 2. The van der Waals surface area contributed by atoms with E-state index in [-0.39, 0.29) is 11.5 Å². The number of nitrogens with two attached hydrogens (primary N) is 1. The third-order valence-corrected chi connectivity index (χ3v) is 3.41. The lowest BCUT2D eigenvalue weighted by Crippen LogP contribution is -2.31. The predicted molar refractivity (Wildman–Crippen MR) is 88.0 cm³/mol. The van der Waals surface area contributed by atoms with Gasteiger partial charge in [-0.3, -0.25) is 9.59 Å². The topological polar surface area (TPSA) is 95.6 Å². The number of ether oxygens (including phenoxy) is 2. The SMILES string of the molecule is COc1ccc(NC(=O)C(C)n2cc(N)ccc2=O)cc1OC. The minimum Gasteiger partial charge on any atom is -0.493 e. The standard InChI is InChI=1S/C16H19N3O4/c1-10(19-9-11(17)4-7-15(19)20)16(21)18-12-5-6-13(22-2)14(8-12)23-3/h4-10H,17H2,1-3H3,(H,18,21). The van der Waals surface area contributed by atoms with Crippen molar-refractivity contribution in [1.29, 1.82) is 0 Å². The minimum absolute atomic E-state index is 0.297. The number of anilines is 2. The van der Waals surface area contributed by atoms with Gasteiger partial charge in [0.2, 0.25) is 5.91 Å². The van der Waals surface area contributed by atoms with Crippen molar-refractivity contribution in [2.24, 2.45) is 0 Å². The minimum atomic E-state index is -0.709. The van der Waals surface area contributed by atoms with E-state index in [4.69, 9.17) is 15.2 Å². The predicted octanol–water partition coefficient (Wildman–Crippen LogP) is 1.65. The first-order valence-electron chi connectivity index (χ1n) is 6.97. The van der Waals surface area contributed by atoms with E-state index in [1.807, 2.05) is 0 Å². The number of carbonyl (C=O) groups is 1. The maximum atomic E-state index is 12.3. The summed E-state index contributed by atoms with van der Waals surface area (Å²) in [6, 6.07) is 7.14. The van der Waals surface area contributed by atoms with Gasteiger partial charge in [-0.2, -0.15) is 0 Å². The molecule has 0 radical (unpaired) electrons. The Morgan fingerprint density at radius 1 is 1.17 bits per heavy atom. The molecule has 0 aliphatic heterocycles. The van der Waals surface area contributed by atoms with Crippen LogP contribution in [0.15, 0.2) is 41.3 Å². The number of methoxy groups -OCH3 is 2. The van der Waals surface area contributed by atoms with E-state index in [0.29, 0.717) is 22.9 Å². The highest BCUT2D eigenvalue weighted by Crippen LogP contribution is 2.30. The highest BCUT2D eigenvalue weighted by Gasteiger charge is 2.17. The summed E-state index contributed by atoms with van der Waals surface area (Å²) in [7, 11) is 3.04. The zero-order valence-electron chi connectivity index (χ0n) is 13.2. The van der Waals surface area contributed by atoms with Crippen LogP contribution < -0.4 is 26.1 Å². The van der Waals surface area contributed by atoms with Gasteiger partial charge in [0.1, 0.15) is 6.04 Å². The van der Waals surface area contributed by atoms with Gasteiger partial charge >= 0.3 is 0 Å². The molecule has 2 rings (SSSR count). The van der Waals surface area contributed by atoms with Crippen LogP contribution in [0.3, 0.4) is 0 Å². The molecular formula is C16H19N3O4. The molecule has 1 unspecified atom stereocenters. The van der Waals surface area contributed by atoms with Crippen LogP contribution in [0.25, 0.3) is 0 Å². The van der Waals surface area contributed by atoms with Crippen LogP contribution in [-0.4, -0.2) is 24.7 Å². The van der Waals surface area contributed by atoms with Crippen molar-refractivity contribution in [3.05, 3.63) is 46.9 Å². The van der Waals surface area contributed by atoms with Crippen LogP contribution >= 0.6 is 0 Å². The van der Waals surface area contributed by atoms with Crippen LogP contribution in [0.5, 0.6) is 11.5 Å². The number of hydrogen-bond acceptors (Lipinski definition) is 5. The van der Waals surface area contributed by atoms with E-state index < -0.39 is 6.04 Å². The fourth-order valence-electron chi connectivity index (χ4n) is 2.11. The Labute approximate surface area is 133 Å². The first-order chi connectivity index (χ1) is 11.0. The van der Waals surface area contributed by atoms with Crippen LogP contribution in [0.4, 0.5) is 11.4 Å². The van der Waals surface area contributed by atoms with E-state index in [1.165, 1.54) is 37.1 Å². The van der Waals surface area contributed by atoms with Gasteiger partial charge in [0.25, 0.3) is 5.56 Å². The van der Waals surface area contributed by atoms with Crippen LogP contribution in [0, 0.1) is 0 Å². The van der Waals surface area contributed by atoms with Gasteiger partial charge in [-0.1, -0.05) is 0 Å². The number of nitrogens with one attached hydrogen (secondary N) is 1. The lowest BCUT2D eigenvalue weighted by atomic mass is 10.2. The summed E-state index contributed by atoms with van der Waals surface area (Å²) in [5.41, 5.74) is 6.32. The Hall–Kier alpha value is -2.96. The summed E-state index contributed by atoms with van der Waals surface area (Å²) in [5.74, 6) is 0.717. The molecule has 1 aromatic heterocycles. The molecule has 0 aliphatic carbocycles. The van der Waals surface area contributed by atoms with Gasteiger partial charge in [0, 0.05) is 29.7 Å². The van der Waals surface area contributed by atoms with Gasteiger partial charge in [0.05, 0.1) is 14.2 Å². The largest absolute Gasteiger partial charge is 0.493 e. The number of pyridine rings is 1. The van der Waals surface area contributed by atoms with Gasteiger partial charge in [-0.05, 0) is 25.1 Å². The highest BCUT2D eigenvalue weighted by atomic mass is 16.5. The maximum absolute atomic E-state index is 12.3. The van der Waals surface area contributed by atoms with Crippen molar-refractivity contribution in [3.8, 4) is 11.5 Å². The second-order valence-corrected chi connectivity index (χ2v) is 4.94. The fraction of sp³-hybridized carbons (Fsp3) is 0.250. The van der Waals surface area contributed by atoms with Crippen molar-refractivity contribution in [1.82, 2.24) is 4.57 Å². The summed E-state index contributed by atoms with van der Waals surface area (Å²) in [6.07, 6.45) is 1.45. The Morgan fingerprint density at radius 3 is 2.52 bits per heavy atom. The number of benzene rings is 1. The van der Waals surface area contributed by atoms with Crippen molar-refractivity contribution in [3.63, 3.8) is 0 Å². The van der Waals surface area contributed by atoms with Gasteiger partial charge in [0.15, 0.2) is 11.5 Å². The van der Waals surface area contributed by atoms with E-state index in [1.54, 1.807) is 25.1 Å². The monoisotopic (exact) mass is 317 g/mol. The molecule has 7 heteroatoms. The van der Waals surface area contributed by atoms with Crippen molar-refractivity contribution in [2.45, 2.75) is 13.0 Å². The maximum Gasteiger partial charge on any atom is 0.251 e. The molecule has 0 saturated carbocycles. The molecule has 0 saturated heterocycles. The average molecular weight is 317 g/mol. The summed E-state index contributed by atoms with van der Waals surface area (Å²) in [5, 5.41) is 2.74. The van der Waals surface area contributed by atoms with E-state index in [0.717, 1.165) is 0 Å². The van der Waals surface area contributed by atoms with Crippen molar-refractivity contribution < 1.29 is 14.3 Å². The average Bonchev–Trinajstić information content (AvgIpc) is 2.56. The normalized spacial score (nSPS) is 11.6. The molecule has 1 atom stereocenters. The molecule has 3 N–H and O–H groups in total. The van der Waals surface area contributed by atoms with Crippen molar-refractivity contribution >= 4 is 17.3 Å². The molecule has 0 spiro atoms. The Balaban J connectivity index is 2.21. The second-order valence-electron chi connectivity index (χ2n) is 4.94. The molecule has 0 fully saturated rings. The summed E-state index contributed by atoms with van der Waals surface area (Å²) in [4.78, 5) is 24.2. The quantitative estimate of drug-likeness (QED) is 0.874. The molecule has 0 aliphatic rings. The fourth-order valence-corrected chi connectivity index (χ4v) is 2.11. The molecule has 2 aromatic rings. The number of nitrogen functional groups attached to an aromatic ring is 1. The zero-order chi connectivity index (χ0) is 17.0. The van der Waals surface area contributed by atoms with Gasteiger partial charge < -0.3 is 25.1 Å². The molecule has 1 aromatic carbocycles. The molecular weight excluding hydrogens is 298 g/mol. The Morgan fingerprint density at radius 2 is 1.87 bits per heavy atom. The summed E-state index contributed by atoms with van der Waals surface area (Å²) < 4.78 is 11.6. The molecule has 0 bridgehead atoms. The second kappa shape index (κ2) is 6.87. The Kier molecular flexibility index (Phi) is 4.90. The van der Waals surface area contributed by atoms with E-state index in [9.17, 15) is 9.59 Å². The molecule has 1 amide bonds. The number of rotatable bonds is 5. The van der Waals surface area contributed by atoms with E-state index in [2.05, 4.69) is 5.32 Å². The number of nitrogens with zero attached hydrogens (tertiary/aromatic N) is 1. The Bertz CT molecular complexity index is 770. The first-order valence-corrected chi connectivity index (χ1v) is 6.97. The lowest BCUT2D eigenvalue weighted by Gasteiger charge is -2.16. The lowest BCUT2D eigenvalue weighted by molar-refractivity contribution is -0.118. The third-order valence-electron chi connectivity index (χ3n) is 3.41. The highest BCUT2D eigenvalue weighted by molar-refractivity contribution is 5.93. The summed E-state index contributed by atoms with van der Waals surface area (Å²) >= 11 is 0. The van der Waals surface area contributed by atoms with Crippen LogP contribution in [0.1, 0.15) is 13.0 Å². The first kappa shape index (κ1) is 16.4. The smallest absolute Gasteiger partial charge is 0.251 e. The van der Waals surface area contributed by atoms with Crippen LogP contribution in [0.2, 0.25) is 0 Å². The van der Waals surface area contributed by atoms with Crippen LogP contribution in [-0.2, 0) is 4.79 Å². The molecule has 7 nitrogen and oxygen atoms in total. The number of aromatic nitrogens is 1. The third kappa shape index (κ3) is 3.63. The zero-order valence-corrected chi connectivity index (χ0v) is 13.2. The summed E-state index contributed by atoms with van der Waals surface area (Å²) in [6.45, 7) is 1.62. The molecule has 23 heavy (non-hydrogen) atoms. The molecule has 1 heterocycles.